The monoisotopic (exact) mass is 304 g/mol. The Morgan fingerprint density at radius 3 is 2.74 bits per heavy atom. The average molecular weight is 304 g/mol. The Morgan fingerprint density at radius 1 is 1.26 bits per heavy atom. The van der Waals surface area contributed by atoms with Gasteiger partial charge >= 0.3 is 0 Å². The van der Waals surface area contributed by atoms with Gasteiger partial charge in [-0.25, -0.2) is 17.2 Å². The van der Waals surface area contributed by atoms with Crippen LogP contribution in [0.3, 0.4) is 0 Å². The van der Waals surface area contributed by atoms with Crippen molar-refractivity contribution < 1.29 is 17.2 Å². The third-order valence-electron chi connectivity index (χ3n) is 2.99. The maximum absolute atomic E-state index is 13.0. The van der Waals surface area contributed by atoms with Gasteiger partial charge in [0.15, 0.2) is 26.6 Å². The van der Waals surface area contributed by atoms with Crippen LogP contribution in [0.4, 0.5) is 14.5 Å². The molecule has 0 bridgehead atoms. The van der Waals surface area contributed by atoms with Crippen molar-refractivity contribution in [3.8, 4) is 0 Å². The first-order valence-corrected chi connectivity index (χ1v) is 8.30. The van der Waals surface area contributed by atoms with Crippen LogP contribution in [-0.2, 0) is 9.84 Å². The molecule has 1 N–H and O–H groups in total. The van der Waals surface area contributed by atoms with Crippen molar-refractivity contribution in [1.29, 1.82) is 0 Å². The summed E-state index contributed by atoms with van der Waals surface area (Å²) in [6.07, 6.45) is 0. The summed E-state index contributed by atoms with van der Waals surface area (Å²) in [7, 11) is -2.98. The Labute approximate surface area is 113 Å². The van der Waals surface area contributed by atoms with Crippen molar-refractivity contribution in [1.82, 2.24) is 0 Å². The number of anilines is 1. The largest absolute Gasteiger partial charge is 0.335 e. The zero-order valence-corrected chi connectivity index (χ0v) is 11.3. The van der Waals surface area contributed by atoms with Crippen molar-refractivity contribution in [3.05, 3.63) is 29.8 Å². The number of hydrogen-bond donors (Lipinski definition) is 1. The molecule has 2 atom stereocenters. The highest BCUT2D eigenvalue weighted by Crippen LogP contribution is 2.34. The van der Waals surface area contributed by atoms with E-state index in [0.717, 1.165) is 12.1 Å². The second kappa shape index (κ2) is 4.45. The van der Waals surface area contributed by atoms with Crippen LogP contribution in [0.15, 0.2) is 23.2 Å². The smallest absolute Gasteiger partial charge is 0.161 e. The zero-order valence-electron chi connectivity index (χ0n) is 9.64. The van der Waals surface area contributed by atoms with Crippen LogP contribution in [0.1, 0.15) is 0 Å². The maximum Gasteiger partial charge on any atom is 0.161 e. The number of nitrogens with zero attached hydrogens (tertiary/aromatic N) is 1. The van der Waals surface area contributed by atoms with Crippen LogP contribution in [-0.4, -0.2) is 36.4 Å². The first kappa shape index (κ1) is 12.9. The minimum Gasteiger partial charge on any atom is -0.335 e. The van der Waals surface area contributed by atoms with Gasteiger partial charge in [0.1, 0.15) is 0 Å². The maximum atomic E-state index is 13.0. The number of fused-ring (bicyclic) bond motifs is 1. The van der Waals surface area contributed by atoms with E-state index in [-0.39, 0.29) is 22.8 Å². The quantitative estimate of drug-likeness (QED) is 0.857. The molecule has 1 fully saturated rings. The van der Waals surface area contributed by atoms with Crippen molar-refractivity contribution >= 4 is 32.5 Å². The summed E-state index contributed by atoms with van der Waals surface area (Å²) < 4.78 is 48.6. The molecule has 0 amide bonds. The number of rotatable bonds is 1. The van der Waals surface area contributed by atoms with Gasteiger partial charge in [0.25, 0.3) is 0 Å². The van der Waals surface area contributed by atoms with Crippen LogP contribution in [0.25, 0.3) is 0 Å². The Bertz CT molecular complexity index is 661. The number of halogens is 2. The fourth-order valence-electron chi connectivity index (χ4n) is 2.11. The molecular formula is C11H10F2N2O2S2. The van der Waals surface area contributed by atoms with E-state index in [1.807, 2.05) is 0 Å². The highest BCUT2D eigenvalue weighted by Gasteiger charge is 2.42. The van der Waals surface area contributed by atoms with Gasteiger partial charge in [0.2, 0.25) is 0 Å². The van der Waals surface area contributed by atoms with E-state index in [9.17, 15) is 17.2 Å². The van der Waals surface area contributed by atoms with Crippen LogP contribution in [0.2, 0.25) is 0 Å². The van der Waals surface area contributed by atoms with E-state index in [2.05, 4.69) is 10.3 Å². The van der Waals surface area contributed by atoms with E-state index in [4.69, 9.17) is 0 Å². The lowest BCUT2D eigenvalue weighted by molar-refractivity contribution is 0.509. The number of thioether (sulfide) groups is 1. The fraction of sp³-hybridized carbons (Fsp3) is 0.364. The molecule has 8 heteroatoms. The summed E-state index contributed by atoms with van der Waals surface area (Å²) in [5, 5.41) is 3.36. The lowest BCUT2D eigenvalue weighted by atomic mass is 10.3. The van der Waals surface area contributed by atoms with Crippen LogP contribution < -0.4 is 5.32 Å². The first-order chi connectivity index (χ1) is 8.93. The van der Waals surface area contributed by atoms with E-state index in [0.29, 0.717) is 10.9 Å². The molecule has 0 saturated carbocycles. The molecule has 102 valence electrons. The van der Waals surface area contributed by atoms with Gasteiger partial charge in [-0.05, 0) is 12.1 Å². The van der Waals surface area contributed by atoms with Gasteiger partial charge in [-0.2, -0.15) is 0 Å². The molecule has 1 aromatic rings. The van der Waals surface area contributed by atoms with E-state index in [1.54, 1.807) is 0 Å². The number of aliphatic imine (C=N–C) groups is 1. The van der Waals surface area contributed by atoms with Crippen LogP contribution in [0.5, 0.6) is 0 Å². The molecular weight excluding hydrogens is 294 g/mol. The molecule has 2 unspecified atom stereocenters. The third-order valence-corrected chi connectivity index (χ3v) is 6.13. The number of sulfone groups is 1. The number of nitrogens with one attached hydrogen (secondary N) is 1. The van der Waals surface area contributed by atoms with Crippen LogP contribution >= 0.6 is 11.8 Å². The molecule has 0 aromatic heterocycles. The Balaban J connectivity index is 1.74. The standard InChI is InChI=1S/C11H10F2N2O2S2/c12-7-2-1-6(3-8(7)13)14-11-15-9-4-19(16,17)5-10(9)18-11/h1-3,9-10H,4-5H2,(H,14,15). The molecule has 3 rings (SSSR count). The Kier molecular flexibility index (Phi) is 3.01. The number of amidine groups is 1. The molecule has 2 heterocycles. The van der Waals surface area contributed by atoms with Crippen LogP contribution in [0, 0.1) is 11.6 Å². The lowest BCUT2D eigenvalue weighted by Crippen LogP contribution is -2.13. The molecule has 2 aliphatic heterocycles. The average Bonchev–Trinajstić information content (AvgIpc) is 2.76. The highest BCUT2D eigenvalue weighted by atomic mass is 32.2. The molecule has 19 heavy (non-hydrogen) atoms. The minimum atomic E-state index is -2.98. The fourth-order valence-corrected chi connectivity index (χ4v) is 5.79. The van der Waals surface area contributed by atoms with Gasteiger partial charge in [-0.3, -0.25) is 4.99 Å². The predicted molar refractivity (Wildman–Crippen MR) is 71.2 cm³/mol. The summed E-state index contributed by atoms with van der Waals surface area (Å²) in [5.74, 6) is -1.66. The first-order valence-electron chi connectivity index (χ1n) is 5.60. The summed E-state index contributed by atoms with van der Waals surface area (Å²) in [5.41, 5.74) is 0.396. The number of hydrogen-bond acceptors (Lipinski definition) is 5. The van der Waals surface area contributed by atoms with Crippen molar-refractivity contribution in [2.75, 3.05) is 16.8 Å². The van der Waals surface area contributed by atoms with Gasteiger partial charge < -0.3 is 5.32 Å². The van der Waals surface area contributed by atoms with Crippen molar-refractivity contribution in [2.24, 2.45) is 4.99 Å². The van der Waals surface area contributed by atoms with E-state index < -0.39 is 21.5 Å². The summed E-state index contributed by atoms with van der Waals surface area (Å²) in [6.45, 7) is 0. The lowest BCUT2D eigenvalue weighted by Gasteiger charge is -2.06. The summed E-state index contributed by atoms with van der Waals surface area (Å²) >= 11 is 1.33. The van der Waals surface area contributed by atoms with Gasteiger partial charge in [0.05, 0.1) is 17.5 Å². The topological polar surface area (TPSA) is 58.5 Å². The zero-order chi connectivity index (χ0) is 13.6. The molecule has 1 saturated heterocycles. The second-order valence-electron chi connectivity index (χ2n) is 4.49. The Hall–Kier alpha value is -1.15. The van der Waals surface area contributed by atoms with Gasteiger partial charge in [-0.1, -0.05) is 11.8 Å². The van der Waals surface area contributed by atoms with E-state index in [1.165, 1.54) is 17.8 Å². The summed E-state index contributed by atoms with van der Waals surface area (Å²) in [4.78, 5) is 4.27. The molecule has 1 aromatic carbocycles. The van der Waals surface area contributed by atoms with Gasteiger partial charge in [0, 0.05) is 17.0 Å². The van der Waals surface area contributed by atoms with Gasteiger partial charge in [-0.15, -0.1) is 0 Å². The molecule has 0 spiro atoms. The van der Waals surface area contributed by atoms with Crippen molar-refractivity contribution in [2.45, 2.75) is 11.3 Å². The normalized spacial score (nSPS) is 28.0. The SMILES string of the molecule is O=S1(=O)CC2N=C(Nc3ccc(F)c(F)c3)SC2C1. The Morgan fingerprint density at radius 2 is 2.05 bits per heavy atom. The molecule has 0 radical (unpaired) electrons. The summed E-state index contributed by atoms with van der Waals surface area (Å²) in [6, 6.07) is 3.25. The minimum absolute atomic E-state index is 0.0631. The molecule has 2 aliphatic rings. The van der Waals surface area contributed by atoms with E-state index >= 15 is 0 Å². The molecule has 0 aliphatic carbocycles. The van der Waals surface area contributed by atoms with Crippen molar-refractivity contribution in [3.63, 3.8) is 0 Å². The predicted octanol–water partition coefficient (Wildman–Crippen LogP) is 1.65. The molecule has 4 nitrogen and oxygen atoms in total. The highest BCUT2D eigenvalue weighted by molar-refractivity contribution is 8.15. The third kappa shape index (κ3) is 2.59. The second-order valence-corrected chi connectivity index (χ2v) is 7.87. The number of benzene rings is 1.